The van der Waals surface area contributed by atoms with Gasteiger partial charge >= 0.3 is 6.18 Å². The predicted molar refractivity (Wildman–Crippen MR) is 56.9 cm³/mol. The molecule has 0 spiro atoms. The summed E-state index contributed by atoms with van der Waals surface area (Å²) in [5.41, 5.74) is 0.190. The molecule has 0 saturated carbocycles. The summed E-state index contributed by atoms with van der Waals surface area (Å²) >= 11 is 3.12. The highest BCUT2D eigenvalue weighted by Crippen LogP contribution is 2.31. The summed E-state index contributed by atoms with van der Waals surface area (Å²) < 4.78 is 37.2. The number of alkyl halides is 4. The van der Waals surface area contributed by atoms with Crippen LogP contribution < -0.4 is 0 Å². The van der Waals surface area contributed by atoms with Crippen LogP contribution in [0.25, 0.3) is 0 Å². The summed E-state index contributed by atoms with van der Waals surface area (Å²) in [7, 11) is 0. The van der Waals surface area contributed by atoms with Crippen LogP contribution in [0.3, 0.4) is 0 Å². The lowest BCUT2D eigenvalue weighted by Crippen LogP contribution is -2.07. The van der Waals surface area contributed by atoms with Crippen LogP contribution in [-0.2, 0) is 6.18 Å². The minimum atomic E-state index is -4.29. The van der Waals surface area contributed by atoms with E-state index in [9.17, 15) is 13.2 Å². The molecular weight excluding hydrogens is 269 g/mol. The zero-order valence-electron chi connectivity index (χ0n) is 7.95. The van der Waals surface area contributed by atoms with Crippen molar-refractivity contribution in [1.29, 1.82) is 0 Å². The molecule has 0 aromatic heterocycles. The van der Waals surface area contributed by atoms with Crippen molar-refractivity contribution in [2.45, 2.75) is 13.1 Å². The molecule has 0 radical (unpaired) electrons. The zero-order chi connectivity index (χ0) is 11.5. The molecule has 80 valence electrons. The van der Waals surface area contributed by atoms with Gasteiger partial charge in [-0.3, -0.25) is 0 Å². The van der Waals surface area contributed by atoms with Crippen LogP contribution in [0.5, 0.6) is 0 Å². The van der Waals surface area contributed by atoms with Crippen molar-refractivity contribution in [3.05, 3.63) is 34.9 Å². The molecule has 4 heteroatoms. The number of halogens is 4. The Labute approximate surface area is 94.6 Å². The van der Waals surface area contributed by atoms with Crippen molar-refractivity contribution < 1.29 is 13.2 Å². The number of hydrogen-bond donors (Lipinski definition) is 0. The highest BCUT2D eigenvalue weighted by molar-refractivity contribution is 9.09. The third kappa shape index (κ3) is 3.28. The lowest BCUT2D eigenvalue weighted by atomic mass is 10.1. The molecule has 0 aliphatic rings. The Balaban J connectivity index is 3.09. The SMILES string of the molecule is Cc1cc(C#CCBr)ccc1C(F)(F)F. The van der Waals surface area contributed by atoms with Gasteiger partial charge in [0.05, 0.1) is 10.9 Å². The Morgan fingerprint density at radius 3 is 2.47 bits per heavy atom. The van der Waals surface area contributed by atoms with Gasteiger partial charge in [-0.2, -0.15) is 13.2 Å². The van der Waals surface area contributed by atoms with Crippen molar-refractivity contribution >= 4 is 15.9 Å². The van der Waals surface area contributed by atoms with Crippen LogP contribution in [0.2, 0.25) is 0 Å². The fourth-order valence-electron chi connectivity index (χ4n) is 1.19. The summed E-state index contributed by atoms with van der Waals surface area (Å²) in [5.74, 6) is 5.48. The number of hydrogen-bond acceptors (Lipinski definition) is 0. The van der Waals surface area contributed by atoms with E-state index in [2.05, 4.69) is 27.8 Å². The highest BCUT2D eigenvalue weighted by atomic mass is 79.9. The standard InChI is InChI=1S/C11H8BrF3/c1-8-7-9(3-2-6-12)4-5-10(8)11(13,14)15/h4-5,7H,6H2,1H3. The molecule has 0 N–H and O–H groups in total. The van der Waals surface area contributed by atoms with Gasteiger partial charge in [-0.1, -0.05) is 27.8 Å². The van der Waals surface area contributed by atoms with E-state index in [0.29, 0.717) is 10.9 Å². The minimum absolute atomic E-state index is 0.198. The van der Waals surface area contributed by atoms with Crippen molar-refractivity contribution in [3.63, 3.8) is 0 Å². The Morgan fingerprint density at radius 2 is 2.00 bits per heavy atom. The molecule has 0 atom stereocenters. The van der Waals surface area contributed by atoms with Crippen LogP contribution in [0.4, 0.5) is 13.2 Å². The van der Waals surface area contributed by atoms with Crippen LogP contribution >= 0.6 is 15.9 Å². The van der Waals surface area contributed by atoms with Gasteiger partial charge in [0.1, 0.15) is 0 Å². The first-order valence-electron chi connectivity index (χ1n) is 4.18. The van der Waals surface area contributed by atoms with Crippen molar-refractivity contribution in [1.82, 2.24) is 0 Å². The zero-order valence-corrected chi connectivity index (χ0v) is 9.54. The molecule has 1 aromatic carbocycles. The summed E-state index contributed by atoms with van der Waals surface area (Å²) in [4.78, 5) is 0. The molecule has 0 unspecified atom stereocenters. The topological polar surface area (TPSA) is 0 Å². The summed E-state index contributed by atoms with van der Waals surface area (Å²) in [6.07, 6.45) is -4.29. The molecule has 0 aliphatic carbocycles. The normalized spacial score (nSPS) is 10.7. The molecule has 0 nitrogen and oxygen atoms in total. The van der Waals surface area contributed by atoms with Crippen molar-refractivity contribution in [2.75, 3.05) is 5.33 Å². The average Bonchev–Trinajstić information content (AvgIpc) is 2.12. The van der Waals surface area contributed by atoms with E-state index in [4.69, 9.17) is 0 Å². The van der Waals surface area contributed by atoms with Gasteiger partial charge in [0, 0.05) is 5.56 Å². The minimum Gasteiger partial charge on any atom is -0.166 e. The molecule has 0 saturated heterocycles. The Morgan fingerprint density at radius 1 is 1.33 bits per heavy atom. The maximum Gasteiger partial charge on any atom is 0.416 e. The number of rotatable bonds is 0. The molecule has 0 heterocycles. The first-order chi connectivity index (χ1) is 6.95. The maximum atomic E-state index is 12.4. The fraction of sp³-hybridized carbons (Fsp3) is 0.273. The summed E-state index contributed by atoms with van der Waals surface area (Å²) in [6, 6.07) is 3.89. The van der Waals surface area contributed by atoms with Crippen LogP contribution in [0, 0.1) is 18.8 Å². The van der Waals surface area contributed by atoms with Gasteiger partial charge in [0.2, 0.25) is 0 Å². The smallest absolute Gasteiger partial charge is 0.166 e. The van der Waals surface area contributed by atoms with Gasteiger partial charge in [0.15, 0.2) is 0 Å². The van der Waals surface area contributed by atoms with E-state index in [1.807, 2.05) is 0 Å². The second-order valence-corrected chi connectivity index (χ2v) is 3.52. The van der Waals surface area contributed by atoms with Gasteiger partial charge in [-0.05, 0) is 30.7 Å². The van der Waals surface area contributed by atoms with Crippen molar-refractivity contribution in [2.24, 2.45) is 0 Å². The Hall–Kier alpha value is -0.950. The predicted octanol–water partition coefficient (Wildman–Crippen LogP) is 3.76. The molecule has 0 bridgehead atoms. The third-order valence-corrected chi connectivity index (χ3v) is 2.11. The maximum absolute atomic E-state index is 12.4. The molecule has 0 aliphatic heterocycles. The summed E-state index contributed by atoms with van der Waals surface area (Å²) in [5, 5.41) is 0.507. The second-order valence-electron chi connectivity index (χ2n) is 2.96. The van der Waals surface area contributed by atoms with Crippen LogP contribution in [0.1, 0.15) is 16.7 Å². The van der Waals surface area contributed by atoms with E-state index in [1.165, 1.54) is 19.1 Å². The van der Waals surface area contributed by atoms with Crippen LogP contribution in [0.15, 0.2) is 18.2 Å². The Bertz CT molecular complexity index is 410. The molecule has 15 heavy (non-hydrogen) atoms. The van der Waals surface area contributed by atoms with Crippen LogP contribution in [-0.4, -0.2) is 5.33 Å². The third-order valence-electron chi connectivity index (χ3n) is 1.83. The van der Waals surface area contributed by atoms with Gasteiger partial charge in [-0.15, -0.1) is 0 Å². The number of benzene rings is 1. The van der Waals surface area contributed by atoms with Gasteiger partial charge in [-0.25, -0.2) is 0 Å². The first-order valence-corrected chi connectivity index (χ1v) is 5.30. The van der Waals surface area contributed by atoms with Crippen molar-refractivity contribution in [3.8, 4) is 11.8 Å². The van der Waals surface area contributed by atoms with E-state index in [1.54, 1.807) is 0 Å². The quantitative estimate of drug-likeness (QED) is 0.500. The van der Waals surface area contributed by atoms with E-state index < -0.39 is 11.7 Å². The lowest BCUT2D eigenvalue weighted by Gasteiger charge is -2.09. The highest BCUT2D eigenvalue weighted by Gasteiger charge is 2.31. The summed E-state index contributed by atoms with van der Waals surface area (Å²) in [6.45, 7) is 1.43. The number of aryl methyl sites for hydroxylation is 1. The van der Waals surface area contributed by atoms with E-state index in [-0.39, 0.29) is 5.56 Å². The largest absolute Gasteiger partial charge is 0.416 e. The van der Waals surface area contributed by atoms with Gasteiger partial charge in [0.25, 0.3) is 0 Å². The van der Waals surface area contributed by atoms with E-state index >= 15 is 0 Å². The fourth-order valence-corrected chi connectivity index (χ4v) is 1.34. The molecule has 1 aromatic rings. The molecule has 1 rings (SSSR count). The lowest BCUT2D eigenvalue weighted by molar-refractivity contribution is -0.138. The molecule has 0 amide bonds. The van der Waals surface area contributed by atoms with E-state index in [0.717, 1.165) is 6.07 Å². The van der Waals surface area contributed by atoms with Gasteiger partial charge < -0.3 is 0 Å². The first kappa shape index (κ1) is 12.1. The Kier molecular flexibility index (Phi) is 3.81. The second kappa shape index (κ2) is 4.71. The molecular formula is C11H8BrF3. The monoisotopic (exact) mass is 276 g/mol. The molecule has 0 fully saturated rings. The average molecular weight is 277 g/mol.